The maximum absolute atomic E-state index is 6.33. The number of aromatic nitrogens is 4. The minimum absolute atomic E-state index is 0.897. The first-order chi connectivity index (χ1) is 44.2. The van der Waals surface area contributed by atoms with Crippen molar-refractivity contribution in [3.05, 3.63) is 328 Å². The molecule has 0 amide bonds. The molecule has 5 heterocycles. The monoisotopic (exact) mass is 1130 g/mol. The van der Waals surface area contributed by atoms with Crippen LogP contribution in [0.1, 0.15) is 0 Å². The van der Waals surface area contributed by atoms with Crippen molar-refractivity contribution < 1.29 is 4.42 Å². The van der Waals surface area contributed by atoms with Gasteiger partial charge in [-0.05, 0) is 143 Å². The molecule has 19 aromatic rings. The Morgan fingerprint density at radius 2 is 0.461 bits per heavy atom. The average molecular weight is 1140 g/mol. The zero-order valence-corrected chi connectivity index (χ0v) is 48.4. The van der Waals surface area contributed by atoms with Gasteiger partial charge >= 0.3 is 0 Å². The van der Waals surface area contributed by atoms with E-state index >= 15 is 0 Å². The zero-order valence-electron chi connectivity index (χ0n) is 48.4. The minimum atomic E-state index is 0.897. The first kappa shape index (κ1) is 50.4. The fourth-order valence-electron chi connectivity index (χ4n) is 14.4. The summed E-state index contributed by atoms with van der Waals surface area (Å²) < 4.78 is 15.9. The number of benzene rings is 14. The highest BCUT2D eigenvalue weighted by molar-refractivity contribution is 6.22. The van der Waals surface area contributed by atoms with E-state index in [0.717, 1.165) is 44.7 Å². The van der Waals surface area contributed by atoms with E-state index in [4.69, 9.17) is 4.42 Å². The summed E-state index contributed by atoms with van der Waals surface area (Å²) in [5, 5.41) is 12.3. The van der Waals surface area contributed by atoms with Crippen LogP contribution in [-0.4, -0.2) is 18.3 Å². The third-order valence-electron chi connectivity index (χ3n) is 18.2. The molecule has 0 saturated heterocycles. The molecule has 0 fully saturated rings. The number of hydrogen-bond acceptors (Lipinski definition) is 1. The largest absolute Gasteiger partial charge is 0.456 e. The molecule has 0 atom stereocenters. The van der Waals surface area contributed by atoms with E-state index < -0.39 is 0 Å². The Morgan fingerprint density at radius 1 is 0.180 bits per heavy atom. The number of nitrogens with zero attached hydrogens (tertiary/aromatic N) is 4. The molecular formula is C84H54N4O. The van der Waals surface area contributed by atoms with Gasteiger partial charge in [0.2, 0.25) is 0 Å². The summed E-state index contributed by atoms with van der Waals surface area (Å²) in [6, 6.07) is 118. The van der Waals surface area contributed by atoms with E-state index in [1.807, 2.05) is 0 Å². The van der Waals surface area contributed by atoms with Crippen LogP contribution in [0.25, 0.3) is 165 Å². The number of rotatable bonds is 7. The molecule has 89 heavy (non-hydrogen) atoms. The SMILES string of the molecule is c1ccc(-c2cccc(-n3c4ccccc4c4c(-c5cccc6c5c5ccccc5n6-c5cccc(-c6ccccc6)c5)cccc43)c2)cc1.c1ccc2c(c1)c1ccccc1n2-c1ccc2oc3ccc(-n4c5ccccc5c5ccccc54)cc3c2c1. The van der Waals surface area contributed by atoms with E-state index in [1.54, 1.807) is 0 Å². The highest BCUT2D eigenvalue weighted by Gasteiger charge is 2.22. The summed E-state index contributed by atoms with van der Waals surface area (Å²) in [6.45, 7) is 0. The van der Waals surface area contributed by atoms with Crippen LogP contribution in [0, 0.1) is 0 Å². The normalized spacial score (nSPS) is 11.8. The molecule has 5 nitrogen and oxygen atoms in total. The summed E-state index contributed by atoms with van der Waals surface area (Å²) in [6.07, 6.45) is 0. The molecule has 0 N–H and O–H groups in total. The molecule has 0 aliphatic carbocycles. The van der Waals surface area contributed by atoms with Gasteiger partial charge in [0.05, 0.1) is 44.1 Å². The molecule has 0 aliphatic heterocycles. The molecule has 416 valence electrons. The molecule has 14 aromatic carbocycles. The lowest BCUT2D eigenvalue weighted by molar-refractivity contribution is 0.669. The Hall–Kier alpha value is -11.9. The second-order valence-electron chi connectivity index (χ2n) is 23.1. The topological polar surface area (TPSA) is 32.9 Å². The van der Waals surface area contributed by atoms with Crippen LogP contribution in [-0.2, 0) is 0 Å². The highest BCUT2D eigenvalue weighted by atomic mass is 16.3. The Labute approximate surface area is 512 Å². The van der Waals surface area contributed by atoms with Gasteiger partial charge in [0.25, 0.3) is 0 Å². The Balaban J connectivity index is 0.000000137. The van der Waals surface area contributed by atoms with E-state index in [-0.39, 0.29) is 0 Å². The summed E-state index contributed by atoms with van der Waals surface area (Å²) >= 11 is 0. The van der Waals surface area contributed by atoms with Crippen molar-refractivity contribution in [1.29, 1.82) is 0 Å². The Kier molecular flexibility index (Phi) is 11.5. The molecule has 5 heteroatoms. The van der Waals surface area contributed by atoms with Crippen LogP contribution < -0.4 is 0 Å². The van der Waals surface area contributed by atoms with Crippen LogP contribution in [0.4, 0.5) is 0 Å². The van der Waals surface area contributed by atoms with E-state index in [1.165, 1.54) is 121 Å². The van der Waals surface area contributed by atoms with Crippen molar-refractivity contribution in [3.63, 3.8) is 0 Å². The van der Waals surface area contributed by atoms with Gasteiger partial charge in [-0.25, -0.2) is 0 Å². The Morgan fingerprint density at radius 3 is 0.843 bits per heavy atom. The van der Waals surface area contributed by atoms with E-state index in [0.29, 0.717) is 0 Å². The lowest BCUT2D eigenvalue weighted by Gasteiger charge is -2.12. The summed E-state index contributed by atoms with van der Waals surface area (Å²) in [4.78, 5) is 0. The van der Waals surface area contributed by atoms with Gasteiger partial charge < -0.3 is 22.7 Å². The molecule has 19 rings (SSSR count). The molecule has 0 saturated carbocycles. The van der Waals surface area contributed by atoms with Gasteiger partial charge in [-0.15, -0.1) is 0 Å². The van der Waals surface area contributed by atoms with Crippen LogP contribution in [0.15, 0.2) is 332 Å². The number of fused-ring (bicyclic) bond motifs is 15. The van der Waals surface area contributed by atoms with Crippen molar-refractivity contribution >= 4 is 109 Å². The van der Waals surface area contributed by atoms with Crippen LogP contribution in [0.5, 0.6) is 0 Å². The van der Waals surface area contributed by atoms with Gasteiger partial charge in [-0.2, -0.15) is 0 Å². The highest BCUT2D eigenvalue weighted by Crippen LogP contribution is 2.45. The molecular weight excluding hydrogens is 1080 g/mol. The summed E-state index contributed by atoms with van der Waals surface area (Å²) in [5.41, 5.74) is 23.3. The summed E-state index contributed by atoms with van der Waals surface area (Å²) in [7, 11) is 0. The third-order valence-corrected chi connectivity index (χ3v) is 18.2. The lowest BCUT2D eigenvalue weighted by Crippen LogP contribution is -1.95. The molecule has 5 aromatic heterocycles. The standard InChI is InChI=1S/C48H32N2.C36H22N2O/c1-3-15-33(16-4-1)35-19-11-21-37(31-35)49-43-27-9-7-23-41(43)47-39(25-13-29-45(47)49)40-26-14-30-46-48(40)42-24-8-10-28-44(42)50(46)38-22-12-20-36(32-38)34-17-5-2-6-18-34;1-5-13-31-25(9-1)26-10-2-6-14-32(26)37(31)23-17-19-35-29(21-23)30-22-24(18-20-36(30)39-35)38-33-15-7-3-11-27(33)28-12-4-8-16-34(28)38/h1-32H;1-22H. The summed E-state index contributed by atoms with van der Waals surface area (Å²) in [5.74, 6) is 0. The minimum Gasteiger partial charge on any atom is -0.456 e. The number of hydrogen-bond donors (Lipinski definition) is 0. The lowest BCUT2D eigenvalue weighted by atomic mass is 9.95. The number of furan rings is 1. The van der Waals surface area contributed by atoms with Gasteiger partial charge in [0, 0.05) is 76.6 Å². The first-order valence-corrected chi connectivity index (χ1v) is 30.5. The van der Waals surface area contributed by atoms with Gasteiger partial charge in [0.1, 0.15) is 11.2 Å². The van der Waals surface area contributed by atoms with Crippen LogP contribution in [0.2, 0.25) is 0 Å². The molecule has 0 aliphatic rings. The van der Waals surface area contributed by atoms with Gasteiger partial charge in [-0.1, -0.05) is 218 Å². The van der Waals surface area contributed by atoms with Crippen LogP contribution >= 0.6 is 0 Å². The zero-order chi connectivity index (χ0) is 58.5. The van der Waals surface area contributed by atoms with Crippen molar-refractivity contribution in [3.8, 4) is 56.1 Å². The van der Waals surface area contributed by atoms with Crippen molar-refractivity contribution in [2.24, 2.45) is 0 Å². The van der Waals surface area contributed by atoms with Crippen molar-refractivity contribution in [2.75, 3.05) is 0 Å². The maximum Gasteiger partial charge on any atom is 0.135 e. The molecule has 0 spiro atoms. The smallest absolute Gasteiger partial charge is 0.135 e. The maximum atomic E-state index is 6.33. The first-order valence-electron chi connectivity index (χ1n) is 30.5. The molecule has 0 radical (unpaired) electrons. The second kappa shape index (κ2) is 20.4. The van der Waals surface area contributed by atoms with Crippen LogP contribution in [0.3, 0.4) is 0 Å². The van der Waals surface area contributed by atoms with E-state index in [9.17, 15) is 0 Å². The molecule has 0 unspecified atom stereocenters. The fourth-order valence-corrected chi connectivity index (χ4v) is 14.4. The van der Waals surface area contributed by atoms with E-state index in [2.05, 4.69) is 346 Å². The van der Waals surface area contributed by atoms with Gasteiger partial charge in [0.15, 0.2) is 0 Å². The third kappa shape index (κ3) is 8.03. The predicted octanol–water partition coefficient (Wildman–Crippen LogP) is 22.7. The number of para-hydroxylation sites is 6. The fraction of sp³-hybridized carbons (Fsp3) is 0. The van der Waals surface area contributed by atoms with Crippen molar-refractivity contribution in [1.82, 2.24) is 18.3 Å². The average Bonchev–Trinajstić information content (AvgIpc) is 1.63. The molecule has 0 bridgehead atoms. The quantitative estimate of drug-likeness (QED) is 0.157. The van der Waals surface area contributed by atoms with Crippen molar-refractivity contribution in [2.45, 2.75) is 0 Å². The second-order valence-corrected chi connectivity index (χ2v) is 23.1. The Bertz CT molecular complexity index is 5520. The predicted molar refractivity (Wildman–Crippen MR) is 374 cm³/mol. The van der Waals surface area contributed by atoms with Gasteiger partial charge in [-0.3, -0.25) is 0 Å².